The Morgan fingerprint density at radius 1 is 1.19 bits per heavy atom. The third kappa shape index (κ3) is 2.82. The highest BCUT2D eigenvalue weighted by atomic mass is 19.1. The fourth-order valence-corrected chi connectivity index (χ4v) is 2.03. The number of rotatable bonds is 4. The van der Waals surface area contributed by atoms with Crippen molar-refractivity contribution >= 4 is 0 Å². The van der Waals surface area contributed by atoms with E-state index in [9.17, 15) is 4.39 Å². The summed E-state index contributed by atoms with van der Waals surface area (Å²) in [6.45, 7) is 8.63. The molecule has 2 heteroatoms. The lowest BCUT2D eigenvalue weighted by Crippen LogP contribution is -2.27. The third-order valence-corrected chi connectivity index (χ3v) is 3.46. The number of hydrogen-bond acceptors (Lipinski definition) is 1. The van der Waals surface area contributed by atoms with Crippen LogP contribution < -0.4 is 5.32 Å². The van der Waals surface area contributed by atoms with Crippen LogP contribution in [0.3, 0.4) is 0 Å². The van der Waals surface area contributed by atoms with Gasteiger partial charge in [0.25, 0.3) is 0 Å². The number of aryl methyl sites for hydroxylation is 1. The molecule has 0 aliphatic heterocycles. The van der Waals surface area contributed by atoms with Crippen LogP contribution >= 0.6 is 0 Å². The van der Waals surface area contributed by atoms with Gasteiger partial charge in [0.15, 0.2) is 0 Å². The molecule has 16 heavy (non-hydrogen) atoms. The predicted octanol–water partition coefficient (Wildman–Crippen LogP) is 3.69. The molecule has 0 radical (unpaired) electrons. The molecule has 0 bridgehead atoms. The molecule has 0 fully saturated rings. The molecule has 1 aromatic carbocycles. The van der Waals surface area contributed by atoms with Gasteiger partial charge in [0.1, 0.15) is 5.82 Å². The predicted molar refractivity (Wildman–Crippen MR) is 66.9 cm³/mol. The minimum absolute atomic E-state index is 0.156. The van der Waals surface area contributed by atoms with Gasteiger partial charge in [-0.1, -0.05) is 26.8 Å². The smallest absolute Gasteiger partial charge is 0.123 e. The lowest BCUT2D eigenvalue weighted by Gasteiger charge is -2.28. The van der Waals surface area contributed by atoms with E-state index in [0.717, 1.165) is 11.1 Å². The molecule has 0 aliphatic rings. The molecule has 1 nitrogen and oxygen atoms in total. The fourth-order valence-electron chi connectivity index (χ4n) is 2.03. The van der Waals surface area contributed by atoms with Crippen LogP contribution in [0.4, 0.5) is 4.39 Å². The van der Waals surface area contributed by atoms with Crippen molar-refractivity contribution in [2.75, 3.05) is 7.05 Å². The zero-order valence-electron chi connectivity index (χ0n) is 10.8. The highest BCUT2D eigenvalue weighted by Crippen LogP contribution is 2.29. The minimum Gasteiger partial charge on any atom is -0.313 e. The molecule has 0 aliphatic carbocycles. The molecule has 1 rings (SSSR count). The highest BCUT2D eigenvalue weighted by molar-refractivity contribution is 5.30. The molecular weight excluding hydrogens is 201 g/mol. The van der Waals surface area contributed by atoms with Gasteiger partial charge >= 0.3 is 0 Å². The second kappa shape index (κ2) is 5.44. The van der Waals surface area contributed by atoms with E-state index in [0.29, 0.717) is 11.8 Å². The van der Waals surface area contributed by atoms with E-state index >= 15 is 0 Å². The summed E-state index contributed by atoms with van der Waals surface area (Å²) in [6, 6.07) is 5.24. The van der Waals surface area contributed by atoms with Crippen LogP contribution in [-0.2, 0) is 0 Å². The van der Waals surface area contributed by atoms with E-state index in [-0.39, 0.29) is 11.9 Å². The highest BCUT2D eigenvalue weighted by Gasteiger charge is 2.22. The van der Waals surface area contributed by atoms with Gasteiger partial charge in [0, 0.05) is 6.04 Å². The van der Waals surface area contributed by atoms with Gasteiger partial charge in [-0.25, -0.2) is 4.39 Å². The van der Waals surface area contributed by atoms with Gasteiger partial charge in [-0.3, -0.25) is 0 Å². The monoisotopic (exact) mass is 223 g/mol. The molecule has 0 heterocycles. The molecule has 0 spiro atoms. The Kier molecular flexibility index (Phi) is 4.48. The second-order valence-corrected chi connectivity index (χ2v) is 4.87. The van der Waals surface area contributed by atoms with Gasteiger partial charge in [-0.2, -0.15) is 0 Å². The van der Waals surface area contributed by atoms with Crippen molar-refractivity contribution in [3.63, 3.8) is 0 Å². The largest absolute Gasteiger partial charge is 0.313 e. The summed E-state index contributed by atoms with van der Waals surface area (Å²) < 4.78 is 13.3. The Morgan fingerprint density at radius 3 is 2.31 bits per heavy atom. The van der Waals surface area contributed by atoms with Gasteiger partial charge in [-0.15, -0.1) is 0 Å². The Hall–Kier alpha value is -0.890. The molecule has 0 aromatic heterocycles. The van der Waals surface area contributed by atoms with E-state index in [4.69, 9.17) is 0 Å². The molecular formula is C14H22FN. The van der Waals surface area contributed by atoms with Gasteiger partial charge in [0.2, 0.25) is 0 Å². The second-order valence-electron chi connectivity index (χ2n) is 4.87. The van der Waals surface area contributed by atoms with Crippen molar-refractivity contribution in [1.82, 2.24) is 5.32 Å². The van der Waals surface area contributed by atoms with Crippen LogP contribution in [0.15, 0.2) is 18.2 Å². The van der Waals surface area contributed by atoms with Crippen LogP contribution in [0.1, 0.15) is 37.9 Å². The summed E-state index contributed by atoms with van der Waals surface area (Å²) in [6.07, 6.45) is 0. The maximum Gasteiger partial charge on any atom is 0.123 e. The number of benzene rings is 1. The normalized spacial score (nSPS) is 15.2. The molecule has 2 atom stereocenters. The SMILES string of the molecule is CNC(c1cc(F)ccc1C)C(C)C(C)C. The summed E-state index contributed by atoms with van der Waals surface area (Å²) >= 11 is 0. The molecule has 0 saturated heterocycles. The van der Waals surface area contributed by atoms with Crippen molar-refractivity contribution in [2.45, 2.75) is 33.7 Å². The molecule has 2 unspecified atom stereocenters. The lowest BCUT2D eigenvalue weighted by atomic mass is 9.84. The first-order chi connectivity index (χ1) is 7.47. The topological polar surface area (TPSA) is 12.0 Å². The average Bonchev–Trinajstić information content (AvgIpc) is 2.23. The van der Waals surface area contributed by atoms with E-state index in [1.54, 1.807) is 6.07 Å². The van der Waals surface area contributed by atoms with Crippen LogP contribution in [0.25, 0.3) is 0 Å². The van der Waals surface area contributed by atoms with Crippen molar-refractivity contribution in [2.24, 2.45) is 11.8 Å². The van der Waals surface area contributed by atoms with E-state index in [1.807, 2.05) is 20.0 Å². The van der Waals surface area contributed by atoms with Crippen molar-refractivity contribution in [1.29, 1.82) is 0 Å². The summed E-state index contributed by atoms with van der Waals surface area (Å²) in [7, 11) is 1.94. The summed E-state index contributed by atoms with van der Waals surface area (Å²) in [5.74, 6) is 0.891. The molecule has 1 N–H and O–H groups in total. The lowest BCUT2D eigenvalue weighted by molar-refractivity contribution is 0.315. The summed E-state index contributed by atoms with van der Waals surface area (Å²) in [4.78, 5) is 0. The molecule has 90 valence electrons. The average molecular weight is 223 g/mol. The fraction of sp³-hybridized carbons (Fsp3) is 0.571. The standard InChI is InChI=1S/C14H22FN/c1-9(2)11(4)14(16-5)13-8-12(15)7-6-10(13)3/h6-9,11,14,16H,1-5H3. The maximum absolute atomic E-state index is 13.3. The van der Waals surface area contributed by atoms with Crippen molar-refractivity contribution in [3.05, 3.63) is 35.1 Å². The first kappa shape index (κ1) is 13.2. The number of nitrogens with one attached hydrogen (secondary N) is 1. The first-order valence-electron chi connectivity index (χ1n) is 5.90. The Balaban J connectivity index is 3.07. The quantitative estimate of drug-likeness (QED) is 0.821. The Morgan fingerprint density at radius 2 is 1.81 bits per heavy atom. The van der Waals surface area contributed by atoms with Crippen LogP contribution in [-0.4, -0.2) is 7.05 Å². The van der Waals surface area contributed by atoms with Crippen LogP contribution in [0, 0.1) is 24.6 Å². The molecule has 0 saturated carbocycles. The molecule has 1 aromatic rings. The third-order valence-electron chi connectivity index (χ3n) is 3.46. The zero-order valence-corrected chi connectivity index (χ0v) is 10.8. The Bertz CT molecular complexity index is 347. The number of hydrogen-bond donors (Lipinski definition) is 1. The van der Waals surface area contributed by atoms with Gasteiger partial charge < -0.3 is 5.32 Å². The van der Waals surface area contributed by atoms with Crippen LogP contribution in [0.5, 0.6) is 0 Å². The zero-order chi connectivity index (χ0) is 12.3. The van der Waals surface area contributed by atoms with Gasteiger partial charge in [-0.05, 0) is 49.1 Å². The first-order valence-corrected chi connectivity index (χ1v) is 5.90. The summed E-state index contributed by atoms with van der Waals surface area (Å²) in [5.41, 5.74) is 2.22. The number of halogens is 1. The van der Waals surface area contributed by atoms with Crippen molar-refractivity contribution in [3.8, 4) is 0 Å². The van der Waals surface area contributed by atoms with E-state index < -0.39 is 0 Å². The summed E-state index contributed by atoms with van der Waals surface area (Å²) in [5, 5.41) is 3.30. The minimum atomic E-state index is -0.156. The molecule has 0 amide bonds. The maximum atomic E-state index is 13.3. The van der Waals surface area contributed by atoms with E-state index in [1.165, 1.54) is 6.07 Å². The van der Waals surface area contributed by atoms with Crippen molar-refractivity contribution < 1.29 is 4.39 Å². The Labute approximate surface area is 98.1 Å². The van der Waals surface area contributed by atoms with Gasteiger partial charge in [0.05, 0.1) is 0 Å². The van der Waals surface area contributed by atoms with Crippen LogP contribution in [0.2, 0.25) is 0 Å². The van der Waals surface area contributed by atoms with E-state index in [2.05, 4.69) is 26.1 Å².